The van der Waals surface area contributed by atoms with Gasteiger partial charge in [0.2, 0.25) is 15.9 Å². The van der Waals surface area contributed by atoms with Gasteiger partial charge >= 0.3 is 0 Å². The third-order valence-corrected chi connectivity index (χ3v) is 8.56. The first-order valence-electron chi connectivity index (χ1n) is 11.4. The van der Waals surface area contributed by atoms with E-state index in [4.69, 9.17) is 16.3 Å². The molecule has 0 radical (unpaired) electrons. The summed E-state index contributed by atoms with van der Waals surface area (Å²) in [5.41, 5.74) is 0.371. The van der Waals surface area contributed by atoms with Gasteiger partial charge in [0.05, 0.1) is 17.1 Å². The van der Waals surface area contributed by atoms with Crippen LogP contribution in [0.15, 0.2) is 82.2 Å². The van der Waals surface area contributed by atoms with Crippen LogP contribution in [0.3, 0.4) is 0 Å². The molecule has 3 aromatic carbocycles. The van der Waals surface area contributed by atoms with Crippen molar-refractivity contribution < 1.29 is 17.9 Å². The number of anilines is 1. The molecule has 1 amide bonds. The number of halogens is 2. The van der Waals surface area contributed by atoms with Crippen molar-refractivity contribution in [1.82, 2.24) is 4.31 Å². The maximum absolute atomic E-state index is 13.6. The quantitative estimate of drug-likeness (QED) is 0.317. The highest BCUT2D eigenvalue weighted by Crippen LogP contribution is 2.33. The Labute approximate surface area is 219 Å². The molecule has 1 fully saturated rings. The molecule has 0 unspecified atom stereocenters. The van der Waals surface area contributed by atoms with Crippen molar-refractivity contribution in [2.24, 2.45) is 0 Å². The van der Waals surface area contributed by atoms with Gasteiger partial charge in [0, 0.05) is 15.5 Å². The van der Waals surface area contributed by atoms with Crippen LogP contribution >= 0.6 is 27.5 Å². The van der Waals surface area contributed by atoms with Crippen molar-refractivity contribution in [2.75, 3.05) is 11.9 Å². The number of rotatable bonds is 8. The summed E-state index contributed by atoms with van der Waals surface area (Å²) < 4.78 is 35.2. The lowest BCUT2D eigenvalue weighted by Gasteiger charge is -2.33. The first kappa shape index (κ1) is 25.7. The minimum atomic E-state index is -3.88. The molecule has 0 spiro atoms. The van der Waals surface area contributed by atoms with E-state index < -0.39 is 15.9 Å². The van der Waals surface area contributed by atoms with Crippen LogP contribution in [0.2, 0.25) is 5.02 Å². The number of carbonyl (C=O) groups excluding carboxylic acids is 1. The summed E-state index contributed by atoms with van der Waals surface area (Å²) in [5, 5.41) is 3.24. The molecule has 0 bridgehead atoms. The Morgan fingerprint density at radius 2 is 1.69 bits per heavy atom. The smallest absolute Gasteiger partial charge is 0.243 e. The Bertz CT molecular complexity index is 1260. The van der Waals surface area contributed by atoms with Crippen LogP contribution in [-0.2, 0) is 14.8 Å². The largest absolute Gasteiger partial charge is 0.455 e. The summed E-state index contributed by atoms with van der Waals surface area (Å²) in [4.78, 5) is 13.4. The van der Waals surface area contributed by atoms with Crippen molar-refractivity contribution >= 4 is 49.1 Å². The summed E-state index contributed by atoms with van der Waals surface area (Å²) in [6, 6.07) is 20.3. The van der Waals surface area contributed by atoms with E-state index >= 15 is 0 Å². The minimum absolute atomic E-state index is 0.162. The molecule has 6 nitrogen and oxygen atoms in total. The van der Waals surface area contributed by atoms with Crippen molar-refractivity contribution in [2.45, 2.75) is 43.0 Å². The number of hydrogen-bond acceptors (Lipinski definition) is 4. The number of nitrogens with zero attached hydrogens (tertiary/aromatic N) is 1. The van der Waals surface area contributed by atoms with E-state index in [9.17, 15) is 13.2 Å². The van der Waals surface area contributed by atoms with E-state index in [2.05, 4.69) is 21.2 Å². The monoisotopic (exact) mass is 576 g/mol. The Kier molecular flexibility index (Phi) is 8.49. The zero-order chi connectivity index (χ0) is 24.8. The zero-order valence-corrected chi connectivity index (χ0v) is 22.2. The second-order valence-electron chi connectivity index (χ2n) is 8.40. The van der Waals surface area contributed by atoms with E-state index in [0.29, 0.717) is 22.2 Å². The normalized spacial score (nSPS) is 14.6. The van der Waals surface area contributed by atoms with Crippen molar-refractivity contribution in [3.8, 4) is 11.5 Å². The molecule has 0 aromatic heterocycles. The Hall–Kier alpha value is -2.39. The number of para-hydroxylation sites is 1. The van der Waals surface area contributed by atoms with Gasteiger partial charge in [-0.15, -0.1) is 0 Å². The molecule has 3 aromatic rings. The Balaban J connectivity index is 1.58. The molecular weight excluding hydrogens is 552 g/mol. The van der Waals surface area contributed by atoms with Crippen LogP contribution in [0.5, 0.6) is 11.5 Å². The molecule has 1 aliphatic rings. The van der Waals surface area contributed by atoms with E-state index in [1.54, 1.807) is 54.6 Å². The average molecular weight is 578 g/mol. The van der Waals surface area contributed by atoms with Crippen LogP contribution in [0.1, 0.15) is 32.1 Å². The van der Waals surface area contributed by atoms with Crippen molar-refractivity contribution in [3.05, 3.63) is 82.3 Å². The van der Waals surface area contributed by atoms with Gasteiger partial charge in [0.1, 0.15) is 5.75 Å². The lowest BCUT2D eigenvalue weighted by molar-refractivity contribution is -0.116. The molecule has 0 saturated heterocycles. The summed E-state index contributed by atoms with van der Waals surface area (Å²) >= 11 is 9.52. The molecule has 1 N–H and O–H groups in total. The second kappa shape index (κ2) is 11.6. The molecule has 1 saturated carbocycles. The van der Waals surface area contributed by atoms with Crippen molar-refractivity contribution in [3.63, 3.8) is 0 Å². The van der Waals surface area contributed by atoms with Gasteiger partial charge in [0.25, 0.3) is 0 Å². The van der Waals surface area contributed by atoms with Gasteiger partial charge in [-0.25, -0.2) is 8.42 Å². The third-order valence-electron chi connectivity index (χ3n) is 5.89. The molecule has 184 valence electrons. The summed E-state index contributed by atoms with van der Waals surface area (Å²) in [7, 11) is -3.88. The highest BCUT2D eigenvalue weighted by molar-refractivity contribution is 9.10. The molecule has 0 heterocycles. The number of ether oxygens (including phenoxy) is 1. The predicted molar refractivity (Wildman–Crippen MR) is 142 cm³/mol. The maximum Gasteiger partial charge on any atom is 0.243 e. The molecule has 0 aliphatic heterocycles. The summed E-state index contributed by atoms with van der Waals surface area (Å²) in [5.74, 6) is 0.553. The minimum Gasteiger partial charge on any atom is -0.455 e. The summed E-state index contributed by atoms with van der Waals surface area (Å²) in [6.07, 6.45) is 4.38. The maximum atomic E-state index is 13.6. The number of sulfonamides is 1. The number of nitrogens with one attached hydrogen (secondary N) is 1. The predicted octanol–water partition coefficient (Wildman–Crippen LogP) is 6.86. The van der Waals surface area contributed by atoms with Gasteiger partial charge < -0.3 is 10.1 Å². The SMILES string of the molecule is O=C(CN(C1CCCCC1)S(=O)(=O)c1ccc(Br)cc1)Nc1cc(Cl)ccc1Oc1ccccc1. The fourth-order valence-corrected chi connectivity index (χ4v) is 6.23. The van der Waals surface area contributed by atoms with E-state index in [1.807, 2.05) is 18.2 Å². The fraction of sp³-hybridized carbons (Fsp3) is 0.269. The van der Waals surface area contributed by atoms with E-state index in [-0.39, 0.29) is 17.5 Å². The lowest BCUT2D eigenvalue weighted by Crippen LogP contribution is -2.45. The molecule has 1 aliphatic carbocycles. The number of benzene rings is 3. The number of amides is 1. The van der Waals surface area contributed by atoms with Crippen molar-refractivity contribution in [1.29, 1.82) is 0 Å². The number of hydrogen-bond donors (Lipinski definition) is 1. The van der Waals surface area contributed by atoms with Crippen LogP contribution in [-0.4, -0.2) is 31.2 Å². The van der Waals surface area contributed by atoms with Crippen LogP contribution < -0.4 is 10.1 Å². The second-order valence-corrected chi connectivity index (χ2v) is 11.6. The van der Waals surface area contributed by atoms with Crippen LogP contribution in [0.4, 0.5) is 5.69 Å². The highest BCUT2D eigenvalue weighted by Gasteiger charge is 2.34. The lowest BCUT2D eigenvalue weighted by atomic mass is 9.95. The molecule has 35 heavy (non-hydrogen) atoms. The molecule has 4 rings (SSSR count). The molecular formula is C26H26BrClN2O4S. The molecule has 9 heteroatoms. The molecule has 0 atom stereocenters. The zero-order valence-electron chi connectivity index (χ0n) is 19.0. The van der Waals surface area contributed by atoms with Crippen LogP contribution in [0, 0.1) is 0 Å². The topological polar surface area (TPSA) is 75.7 Å². The Morgan fingerprint density at radius 3 is 2.37 bits per heavy atom. The van der Waals surface area contributed by atoms with E-state index in [0.717, 1.165) is 36.6 Å². The van der Waals surface area contributed by atoms with Gasteiger partial charge in [0.15, 0.2) is 5.75 Å². The van der Waals surface area contributed by atoms with Gasteiger partial charge in [-0.2, -0.15) is 4.31 Å². The van der Waals surface area contributed by atoms with Crippen LogP contribution in [0.25, 0.3) is 0 Å². The van der Waals surface area contributed by atoms with Gasteiger partial charge in [-0.1, -0.05) is 65.0 Å². The highest BCUT2D eigenvalue weighted by atomic mass is 79.9. The average Bonchev–Trinajstić information content (AvgIpc) is 2.85. The Morgan fingerprint density at radius 1 is 1.00 bits per heavy atom. The van der Waals surface area contributed by atoms with E-state index in [1.165, 1.54) is 4.31 Å². The fourth-order valence-electron chi connectivity index (χ4n) is 4.16. The first-order chi connectivity index (χ1) is 16.8. The first-order valence-corrected chi connectivity index (χ1v) is 14.0. The van der Waals surface area contributed by atoms with Gasteiger partial charge in [-0.05, 0) is 67.4 Å². The summed E-state index contributed by atoms with van der Waals surface area (Å²) in [6.45, 7) is -0.305. The standard InChI is InChI=1S/C26H26BrClN2O4S/c27-19-11-14-23(15-12-19)35(32,33)30(21-7-3-1-4-8-21)18-26(31)29-24-17-20(28)13-16-25(24)34-22-9-5-2-6-10-22/h2,5-6,9-17,21H,1,3-4,7-8,18H2,(H,29,31). The van der Waals surface area contributed by atoms with Gasteiger partial charge in [-0.3, -0.25) is 4.79 Å². The third kappa shape index (κ3) is 6.64. The number of carbonyl (C=O) groups is 1.